The molecule has 138 valence electrons. The van der Waals surface area contributed by atoms with Gasteiger partial charge in [-0.15, -0.1) is 0 Å². The maximum Gasteiger partial charge on any atom is 0.251 e. The van der Waals surface area contributed by atoms with E-state index in [2.05, 4.69) is 20.5 Å². The number of amides is 1. The maximum atomic E-state index is 12.4. The third-order valence-corrected chi connectivity index (χ3v) is 4.69. The van der Waals surface area contributed by atoms with Gasteiger partial charge in [-0.25, -0.2) is 4.98 Å². The summed E-state index contributed by atoms with van der Waals surface area (Å²) >= 11 is 6.15. The van der Waals surface area contributed by atoms with Gasteiger partial charge >= 0.3 is 0 Å². The number of rotatable bonds is 6. The fraction of sp³-hybridized carbons (Fsp3) is 0.368. The summed E-state index contributed by atoms with van der Waals surface area (Å²) in [7, 11) is 0. The zero-order chi connectivity index (χ0) is 18.4. The Hall–Kier alpha value is -2.15. The molecule has 0 bridgehead atoms. The molecule has 0 spiro atoms. The number of carbonyl (C=O) groups is 1. The number of hydrogen-bond donors (Lipinski definition) is 2. The van der Waals surface area contributed by atoms with Crippen molar-refractivity contribution in [2.24, 2.45) is 0 Å². The summed E-state index contributed by atoms with van der Waals surface area (Å²) in [4.78, 5) is 18.9. The van der Waals surface area contributed by atoms with Gasteiger partial charge in [0.25, 0.3) is 5.91 Å². The molecule has 2 N–H and O–H groups in total. The summed E-state index contributed by atoms with van der Waals surface area (Å²) in [6.07, 6.45) is 1.62. The number of anilines is 2. The van der Waals surface area contributed by atoms with Gasteiger partial charge in [-0.1, -0.05) is 17.7 Å². The summed E-state index contributed by atoms with van der Waals surface area (Å²) in [5.74, 6) is 0.497. The quantitative estimate of drug-likeness (QED) is 0.813. The van der Waals surface area contributed by atoms with Crippen molar-refractivity contribution >= 4 is 29.0 Å². The predicted molar refractivity (Wildman–Crippen MR) is 103 cm³/mol. The molecule has 0 atom stereocenters. The van der Waals surface area contributed by atoms with Crippen LogP contribution in [-0.2, 0) is 4.74 Å². The Morgan fingerprint density at radius 1 is 1.27 bits per heavy atom. The van der Waals surface area contributed by atoms with E-state index in [4.69, 9.17) is 16.3 Å². The molecule has 1 fully saturated rings. The third-order valence-electron chi connectivity index (χ3n) is 4.28. The second-order valence-electron chi connectivity index (χ2n) is 6.23. The topological polar surface area (TPSA) is 66.5 Å². The number of benzene rings is 1. The summed E-state index contributed by atoms with van der Waals surface area (Å²) < 4.78 is 5.32. The molecular formula is C19H23ClN4O2. The summed E-state index contributed by atoms with van der Waals surface area (Å²) in [5.41, 5.74) is 2.42. The van der Waals surface area contributed by atoms with Gasteiger partial charge in [0.1, 0.15) is 5.82 Å². The Labute approximate surface area is 158 Å². The van der Waals surface area contributed by atoms with Gasteiger partial charge in [-0.3, -0.25) is 9.69 Å². The van der Waals surface area contributed by atoms with Crippen LogP contribution in [0, 0.1) is 6.92 Å². The van der Waals surface area contributed by atoms with Crippen molar-refractivity contribution in [3.8, 4) is 0 Å². The highest BCUT2D eigenvalue weighted by Gasteiger charge is 2.11. The van der Waals surface area contributed by atoms with E-state index in [9.17, 15) is 4.79 Å². The largest absolute Gasteiger partial charge is 0.379 e. The van der Waals surface area contributed by atoms with E-state index in [-0.39, 0.29) is 5.91 Å². The fourth-order valence-electron chi connectivity index (χ4n) is 2.71. The van der Waals surface area contributed by atoms with Crippen LogP contribution in [0.1, 0.15) is 15.9 Å². The van der Waals surface area contributed by atoms with Crippen molar-refractivity contribution in [1.82, 2.24) is 15.2 Å². The Balaban J connectivity index is 1.55. The lowest BCUT2D eigenvalue weighted by Crippen LogP contribution is -2.41. The minimum atomic E-state index is -0.106. The first kappa shape index (κ1) is 18.6. The van der Waals surface area contributed by atoms with E-state index in [1.807, 2.05) is 25.1 Å². The normalized spacial score (nSPS) is 14.8. The Kier molecular flexibility index (Phi) is 6.44. The summed E-state index contributed by atoms with van der Waals surface area (Å²) in [5, 5.41) is 6.82. The van der Waals surface area contributed by atoms with Gasteiger partial charge < -0.3 is 15.4 Å². The molecule has 2 aromatic rings. The molecule has 1 aliphatic rings. The van der Waals surface area contributed by atoms with Crippen molar-refractivity contribution in [3.05, 3.63) is 52.7 Å². The van der Waals surface area contributed by atoms with Crippen molar-refractivity contribution in [2.75, 3.05) is 44.7 Å². The molecule has 26 heavy (non-hydrogen) atoms. The van der Waals surface area contributed by atoms with E-state index >= 15 is 0 Å². The smallest absolute Gasteiger partial charge is 0.251 e. The van der Waals surface area contributed by atoms with Crippen LogP contribution in [0.2, 0.25) is 5.02 Å². The van der Waals surface area contributed by atoms with E-state index in [0.717, 1.165) is 44.1 Å². The van der Waals surface area contributed by atoms with Gasteiger partial charge in [-0.2, -0.15) is 0 Å². The molecule has 6 nitrogen and oxygen atoms in total. The van der Waals surface area contributed by atoms with Crippen molar-refractivity contribution in [1.29, 1.82) is 0 Å². The van der Waals surface area contributed by atoms with E-state index in [0.29, 0.717) is 22.9 Å². The highest BCUT2D eigenvalue weighted by Crippen LogP contribution is 2.22. The lowest BCUT2D eigenvalue weighted by Gasteiger charge is -2.26. The van der Waals surface area contributed by atoms with E-state index < -0.39 is 0 Å². The number of morpholine rings is 1. The lowest BCUT2D eigenvalue weighted by atomic mass is 10.2. The molecule has 1 saturated heterocycles. The lowest BCUT2D eigenvalue weighted by molar-refractivity contribution is 0.0383. The van der Waals surface area contributed by atoms with Crippen LogP contribution < -0.4 is 10.6 Å². The van der Waals surface area contributed by atoms with Gasteiger partial charge in [0.05, 0.1) is 13.2 Å². The first-order valence-electron chi connectivity index (χ1n) is 8.69. The van der Waals surface area contributed by atoms with Crippen molar-refractivity contribution < 1.29 is 9.53 Å². The number of carbonyl (C=O) groups excluding carboxylic acids is 1. The highest BCUT2D eigenvalue weighted by molar-refractivity contribution is 6.31. The number of aromatic nitrogens is 1. The number of pyridine rings is 1. The molecule has 3 rings (SSSR count). The molecular weight excluding hydrogens is 352 g/mol. The SMILES string of the molecule is Cc1ccc(Nc2cc(C(=O)NCCN3CCOCC3)ccn2)cc1Cl. The average molecular weight is 375 g/mol. The second-order valence-corrected chi connectivity index (χ2v) is 6.64. The molecule has 7 heteroatoms. The molecule has 0 unspecified atom stereocenters. The van der Waals surface area contributed by atoms with Gasteiger partial charge in [0.2, 0.25) is 0 Å². The molecule has 0 aliphatic carbocycles. The molecule has 0 radical (unpaired) electrons. The minimum Gasteiger partial charge on any atom is -0.379 e. The van der Waals surface area contributed by atoms with E-state index in [1.54, 1.807) is 18.3 Å². The number of ether oxygens (including phenoxy) is 1. The summed E-state index contributed by atoms with van der Waals surface area (Å²) in [6, 6.07) is 9.15. The van der Waals surface area contributed by atoms with Crippen LogP contribution in [0.3, 0.4) is 0 Å². The maximum absolute atomic E-state index is 12.4. The highest BCUT2D eigenvalue weighted by atomic mass is 35.5. The van der Waals surface area contributed by atoms with Crippen LogP contribution >= 0.6 is 11.6 Å². The molecule has 1 amide bonds. The van der Waals surface area contributed by atoms with Gasteiger partial charge in [0.15, 0.2) is 0 Å². The molecule has 2 heterocycles. The average Bonchev–Trinajstić information content (AvgIpc) is 2.66. The van der Waals surface area contributed by atoms with Gasteiger partial charge in [-0.05, 0) is 36.8 Å². The van der Waals surface area contributed by atoms with Gasteiger partial charge in [0, 0.05) is 48.6 Å². The van der Waals surface area contributed by atoms with Crippen LogP contribution in [-0.4, -0.2) is 55.2 Å². The fourth-order valence-corrected chi connectivity index (χ4v) is 2.89. The number of halogens is 1. The molecule has 1 aromatic heterocycles. The number of aryl methyl sites for hydroxylation is 1. The standard InChI is InChI=1S/C19H23ClN4O2/c1-14-2-3-16(13-17(14)20)23-18-12-15(4-5-21-18)19(25)22-6-7-24-8-10-26-11-9-24/h2-5,12-13H,6-11H2,1H3,(H,21,23)(H,22,25). The zero-order valence-corrected chi connectivity index (χ0v) is 15.6. The van der Waals surface area contributed by atoms with E-state index in [1.165, 1.54) is 0 Å². The first-order valence-corrected chi connectivity index (χ1v) is 9.07. The van der Waals surface area contributed by atoms with Crippen LogP contribution in [0.5, 0.6) is 0 Å². The Morgan fingerprint density at radius 3 is 2.85 bits per heavy atom. The van der Waals surface area contributed by atoms with Crippen LogP contribution in [0.4, 0.5) is 11.5 Å². The van der Waals surface area contributed by atoms with Crippen molar-refractivity contribution in [2.45, 2.75) is 6.92 Å². The molecule has 0 saturated carbocycles. The summed E-state index contributed by atoms with van der Waals surface area (Å²) in [6.45, 7) is 6.74. The third kappa shape index (κ3) is 5.17. The molecule has 1 aromatic carbocycles. The van der Waals surface area contributed by atoms with Crippen LogP contribution in [0.25, 0.3) is 0 Å². The van der Waals surface area contributed by atoms with Crippen LogP contribution in [0.15, 0.2) is 36.5 Å². The minimum absolute atomic E-state index is 0.106. The Bertz CT molecular complexity index is 763. The first-order chi connectivity index (χ1) is 12.6. The second kappa shape index (κ2) is 8.98. The zero-order valence-electron chi connectivity index (χ0n) is 14.8. The monoisotopic (exact) mass is 374 g/mol. The van der Waals surface area contributed by atoms with Crippen molar-refractivity contribution in [3.63, 3.8) is 0 Å². The number of nitrogens with zero attached hydrogens (tertiary/aromatic N) is 2. The number of hydrogen-bond acceptors (Lipinski definition) is 5. The Morgan fingerprint density at radius 2 is 2.08 bits per heavy atom. The number of nitrogens with one attached hydrogen (secondary N) is 2. The predicted octanol–water partition coefficient (Wildman–Crippen LogP) is 2.85. The molecule has 1 aliphatic heterocycles.